The molecule has 1 fully saturated rings. The summed E-state index contributed by atoms with van der Waals surface area (Å²) in [6.07, 6.45) is 0.751. The van der Waals surface area contributed by atoms with Gasteiger partial charge in [-0.15, -0.1) is 0 Å². The molecule has 1 heterocycles. The number of ether oxygens (including phenoxy) is 2. The molecule has 6 heteroatoms. The summed E-state index contributed by atoms with van der Waals surface area (Å²) >= 11 is 0. The van der Waals surface area contributed by atoms with Crippen LogP contribution in [0.5, 0.6) is 0 Å². The van der Waals surface area contributed by atoms with Crippen molar-refractivity contribution in [2.75, 3.05) is 46.6 Å². The lowest BCUT2D eigenvalue weighted by Crippen LogP contribution is -2.47. The molecule has 0 aromatic heterocycles. The van der Waals surface area contributed by atoms with Crippen molar-refractivity contribution < 1.29 is 19.1 Å². The summed E-state index contributed by atoms with van der Waals surface area (Å²) in [5.74, 6) is -0.485. The van der Waals surface area contributed by atoms with Gasteiger partial charge < -0.3 is 14.8 Å². The Balaban J connectivity index is 2.11. The number of hydrogen-bond donors (Lipinski definition) is 1. The smallest absolute Gasteiger partial charge is 0.255 e. The number of amides is 2. The van der Waals surface area contributed by atoms with Crippen LogP contribution in [-0.4, -0.2) is 63.3 Å². The predicted molar refractivity (Wildman–Crippen MR) is 56.9 cm³/mol. The first-order chi connectivity index (χ1) is 7.75. The molecule has 1 aliphatic heterocycles. The van der Waals surface area contributed by atoms with Gasteiger partial charge in [-0.2, -0.15) is 0 Å². The van der Waals surface area contributed by atoms with Crippen LogP contribution in [0.4, 0.5) is 0 Å². The van der Waals surface area contributed by atoms with E-state index in [9.17, 15) is 9.59 Å². The van der Waals surface area contributed by atoms with E-state index in [4.69, 9.17) is 9.47 Å². The average molecular weight is 230 g/mol. The Morgan fingerprint density at radius 2 is 2.00 bits per heavy atom. The van der Waals surface area contributed by atoms with Crippen LogP contribution in [0.2, 0.25) is 0 Å². The van der Waals surface area contributed by atoms with Crippen molar-refractivity contribution in [3.63, 3.8) is 0 Å². The lowest BCUT2D eigenvalue weighted by molar-refractivity contribution is -0.158. The minimum atomic E-state index is -0.242. The molecule has 0 bridgehead atoms. The Bertz CT molecular complexity index is 229. The number of imide groups is 1. The van der Waals surface area contributed by atoms with E-state index in [1.54, 1.807) is 7.11 Å². The van der Waals surface area contributed by atoms with Crippen molar-refractivity contribution in [2.45, 2.75) is 6.42 Å². The molecule has 1 aliphatic rings. The van der Waals surface area contributed by atoms with Crippen molar-refractivity contribution in [3.05, 3.63) is 0 Å². The number of hydrogen-bond acceptors (Lipinski definition) is 5. The second-order valence-corrected chi connectivity index (χ2v) is 3.53. The maximum Gasteiger partial charge on any atom is 0.255 e. The van der Waals surface area contributed by atoms with Gasteiger partial charge in [0.05, 0.1) is 6.61 Å². The van der Waals surface area contributed by atoms with E-state index in [1.807, 2.05) is 0 Å². The molecule has 0 atom stereocenters. The van der Waals surface area contributed by atoms with Gasteiger partial charge in [0.15, 0.2) is 0 Å². The highest BCUT2D eigenvalue weighted by atomic mass is 16.5. The zero-order valence-electron chi connectivity index (χ0n) is 9.53. The summed E-state index contributed by atoms with van der Waals surface area (Å²) in [4.78, 5) is 23.9. The molecular formula is C10H18N2O4. The Hall–Kier alpha value is -0.980. The molecule has 0 aromatic carbocycles. The fourth-order valence-electron chi connectivity index (χ4n) is 1.43. The molecule has 92 valence electrons. The van der Waals surface area contributed by atoms with Crippen LogP contribution in [-0.2, 0) is 19.1 Å². The van der Waals surface area contributed by atoms with Gasteiger partial charge >= 0.3 is 0 Å². The maximum atomic E-state index is 11.3. The zero-order valence-corrected chi connectivity index (χ0v) is 9.53. The first kappa shape index (κ1) is 13.1. The number of nitrogens with zero attached hydrogens (tertiary/aromatic N) is 1. The highest BCUT2D eigenvalue weighted by molar-refractivity contribution is 5.98. The van der Waals surface area contributed by atoms with Gasteiger partial charge in [0.25, 0.3) is 11.8 Å². The van der Waals surface area contributed by atoms with Crippen LogP contribution >= 0.6 is 0 Å². The van der Waals surface area contributed by atoms with E-state index in [1.165, 1.54) is 4.90 Å². The molecule has 16 heavy (non-hydrogen) atoms. The van der Waals surface area contributed by atoms with E-state index >= 15 is 0 Å². The van der Waals surface area contributed by atoms with Crippen LogP contribution in [0.1, 0.15) is 6.42 Å². The average Bonchev–Trinajstić information content (AvgIpc) is 2.26. The quantitative estimate of drug-likeness (QED) is 0.449. The highest BCUT2D eigenvalue weighted by Crippen LogP contribution is 2.01. The van der Waals surface area contributed by atoms with E-state index in [-0.39, 0.29) is 25.0 Å². The van der Waals surface area contributed by atoms with Crippen molar-refractivity contribution >= 4 is 11.8 Å². The molecule has 0 aliphatic carbocycles. The highest BCUT2D eigenvalue weighted by Gasteiger charge is 2.25. The molecule has 0 saturated carbocycles. The van der Waals surface area contributed by atoms with Crippen molar-refractivity contribution in [1.29, 1.82) is 0 Å². The minimum absolute atomic E-state index is 0.0167. The lowest BCUT2D eigenvalue weighted by atomic mass is 10.3. The molecule has 1 saturated heterocycles. The summed E-state index contributed by atoms with van der Waals surface area (Å²) in [7, 11) is 1.65. The molecule has 2 amide bonds. The van der Waals surface area contributed by atoms with Gasteiger partial charge in [-0.25, -0.2) is 0 Å². The molecule has 0 radical (unpaired) electrons. The summed E-state index contributed by atoms with van der Waals surface area (Å²) in [5.41, 5.74) is 0. The van der Waals surface area contributed by atoms with Crippen LogP contribution in [0, 0.1) is 0 Å². The molecule has 1 rings (SSSR count). The van der Waals surface area contributed by atoms with Gasteiger partial charge in [0.1, 0.15) is 13.2 Å². The van der Waals surface area contributed by atoms with Crippen LogP contribution < -0.4 is 5.32 Å². The third kappa shape index (κ3) is 4.26. The van der Waals surface area contributed by atoms with Crippen molar-refractivity contribution in [2.24, 2.45) is 0 Å². The Morgan fingerprint density at radius 1 is 1.31 bits per heavy atom. The third-order valence-corrected chi connectivity index (χ3v) is 2.27. The summed E-state index contributed by atoms with van der Waals surface area (Å²) < 4.78 is 9.69. The molecule has 0 unspecified atom stereocenters. The van der Waals surface area contributed by atoms with Crippen LogP contribution in [0.15, 0.2) is 0 Å². The standard InChI is InChI=1S/C10H18N2O4/c1-15-6-4-11-3-2-5-12-9(13)7-16-8-10(12)14/h11H,2-8H2,1H3. The fraction of sp³-hybridized carbons (Fsp3) is 0.800. The van der Waals surface area contributed by atoms with Crippen LogP contribution in [0.25, 0.3) is 0 Å². The second-order valence-electron chi connectivity index (χ2n) is 3.53. The van der Waals surface area contributed by atoms with Crippen molar-refractivity contribution in [1.82, 2.24) is 10.2 Å². The van der Waals surface area contributed by atoms with E-state index in [0.29, 0.717) is 13.2 Å². The normalized spacial score (nSPS) is 16.9. The number of carbonyl (C=O) groups is 2. The van der Waals surface area contributed by atoms with E-state index in [2.05, 4.69) is 5.32 Å². The van der Waals surface area contributed by atoms with Gasteiger partial charge in [0.2, 0.25) is 0 Å². The molecule has 6 nitrogen and oxygen atoms in total. The molecule has 0 spiro atoms. The number of rotatable bonds is 7. The number of carbonyl (C=O) groups excluding carboxylic acids is 2. The monoisotopic (exact) mass is 230 g/mol. The van der Waals surface area contributed by atoms with Gasteiger partial charge in [0, 0.05) is 20.2 Å². The predicted octanol–water partition coefficient (Wildman–Crippen LogP) is -1.00. The van der Waals surface area contributed by atoms with Gasteiger partial charge in [-0.05, 0) is 13.0 Å². The largest absolute Gasteiger partial charge is 0.383 e. The zero-order chi connectivity index (χ0) is 11.8. The van der Waals surface area contributed by atoms with Crippen LogP contribution in [0.3, 0.4) is 0 Å². The first-order valence-corrected chi connectivity index (χ1v) is 5.36. The lowest BCUT2D eigenvalue weighted by Gasteiger charge is -2.24. The molecule has 0 aromatic rings. The third-order valence-electron chi connectivity index (χ3n) is 2.27. The summed E-state index contributed by atoms with van der Waals surface area (Å²) in [5, 5.41) is 3.15. The Morgan fingerprint density at radius 3 is 2.62 bits per heavy atom. The van der Waals surface area contributed by atoms with E-state index in [0.717, 1.165) is 19.5 Å². The second kappa shape index (κ2) is 7.32. The van der Waals surface area contributed by atoms with Gasteiger partial charge in [-0.1, -0.05) is 0 Å². The van der Waals surface area contributed by atoms with E-state index < -0.39 is 0 Å². The Labute approximate surface area is 94.9 Å². The topological polar surface area (TPSA) is 67.9 Å². The molecule has 1 N–H and O–H groups in total. The molecular weight excluding hydrogens is 212 g/mol. The number of methoxy groups -OCH3 is 1. The summed E-state index contributed by atoms with van der Waals surface area (Å²) in [6.45, 7) is 2.70. The summed E-state index contributed by atoms with van der Waals surface area (Å²) in [6, 6.07) is 0. The fourth-order valence-corrected chi connectivity index (χ4v) is 1.43. The maximum absolute atomic E-state index is 11.3. The number of morpholine rings is 1. The number of nitrogens with one attached hydrogen (secondary N) is 1. The minimum Gasteiger partial charge on any atom is -0.383 e. The van der Waals surface area contributed by atoms with Crippen molar-refractivity contribution in [3.8, 4) is 0 Å². The van der Waals surface area contributed by atoms with Gasteiger partial charge in [-0.3, -0.25) is 14.5 Å². The Kier molecular flexibility index (Phi) is 5.99. The first-order valence-electron chi connectivity index (χ1n) is 5.36. The SMILES string of the molecule is COCCNCCCN1C(=O)COCC1=O.